The van der Waals surface area contributed by atoms with Gasteiger partial charge in [0.2, 0.25) is 11.8 Å². The van der Waals surface area contributed by atoms with E-state index in [0.29, 0.717) is 32.1 Å². The molecule has 1 aromatic carbocycles. The first-order valence-electron chi connectivity index (χ1n) is 10.0. The fourth-order valence-electron chi connectivity index (χ4n) is 3.27. The van der Waals surface area contributed by atoms with Gasteiger partial charge in [-0.3, -0.25) is 9.59 Å². The molecule has 164 valence electrons. The summed E-state index contributed by atoms with van der Waals surface area (Å²) >= 11 is 3.11. The van der Waals surface area contributed by atoms with Crippen molar-refractivity contribution in [3.05, 3.63) is 18.2 Å². The number of thioether (sulfide) groups is 1. The zero-order valence-corrected chi connectivity index (χ0v) is 19.5. The lowest BCUT2D eigenvalue weighted by molar-refractivity contribution is -0.143. The molecule has 0 bridgehead atoms. The van der Waals surface area contributed by atoms with Crippen molar-refractivity contribution in [2.24, 2.45) is 5.41 Å². The van der Waals surface area contributed by atoms with Gasteiger partial charge in [0.1, 0.15) is 6.04 Å². The van der Waals surface area contributed by atoms with Crippen LogP contribution >= 0.6 is 23.1 Å². The molecule has 1 unspecified atom stereocenters. The number of hydrogen-bond acceptors (Lipinski definition) is 7. The second-order valence-corrected chi connectivity index (χ2v) is 10.4. The number of ether oxygens (including phenoxy) is 2. The van der Waals surface area contributed by atoms with E-state index >= 15 is 0 Å². The summed E-state index contributed by atoms with van der Waals surface area (Å²) in [5, 5.41) is 2.99. The Hall–Kier alpha value is -1.68. The third kappa shape index (κ3) is 5.72. The minimum Gasteiger partial charge on any atom is -0.382 e. The Kier molecular flexibility index (Phi) is 7.73. The van der Waals surface area contributed by atoms with Crippen LogP contribution in [0.1, 0.15) is 33.6 Å². The number of anilines is 1. The van der Waals surface area contributed by atoms with E-state index in [1.54, 1.807) is 35.1 Å². The Morgan fingerprint density at radius 1 is 1.33 bits per heavy atom. The van der Waals surface area contributed by atoms with Gasteiger partial charge in [0.05, 0.1) is 29.4 Å². The molecule has 3 rings (SSSR count). The number of methoxy groups -OCH3 is 1. The lowest BCUT2D eigenvalue weighted by Gasteiger charge is -2.30. The van der Waals surface area contributed by atoms with Gasteiger partial charge in [-0.05, 0) is 31.0 Å². The number of hydrogen-bond donors (Lipinski definition) is 1. The van der Waals surface area contributed by atoms with E-state index in [4.69, 9.17) is 9.47 Å². The van der Waals surface area contributed by atoms with Crippen LogP contribution in [0.15, 0.2) is 22.5 Å². The van der Waals surface area contributed by atoms with Gasteiger partial charge in [-0.15, -0.1) is 11.3 Å². The third-order valence-corrected chi connectivity index (χ3v) is 6.83. The van der Waals surface area contributed by atoms with Crippen molar-refractivity contribution in [2.45, 2.75) is 44.0 Å². The first-order valence-corrected chi connectivity index (χ1v) is 11.8. The Morgan fingerprint density at radius 2 is 2.13 bits per heavy atom. The highest BCUT2D eigenvalue weighted by molar-refractivity contribution is 8.01. The number of nitrogens with one attached hydrogen (secondary N) is 1. The largest absolute Gasteiger partial charge is 0.382 e. The molecular formula is C21H29N3O4S2. The first-order chi connectivity index (χ1) is 14.3. The number of amides is 2. The Morgan fingerprint density at radius 3 is 2.87 bits per heavy atom. The molecule has 2 amide bonds. The van der Waals surface area contributed by atoms with E-state index < -0.39 is 11.5 Å². The zero-order chi connectivity index (χ0) is 21.7. The van der Waals surface area contributed by atoms with Crippen LogP contribution in [0.25, 0.3) is 10.2 Å². The summed E-state index contributed by atoms with van der Waals surface area (Å²) in [6.07, 6.45) is 1.54. The molecule has 2 heterocycles. The molecule has 1 aliphatic rings. The van der Waals surface area contributed by atoms with Crippen LogP contribution in [0.2, 0.25) is 0 Å². The summed E-state index contributed by atoms with van der Waals surface area (Å²) in [5.74, 6) is 0.411. The topological polar surface area (TPSA) is 80.8 Å². The van der Waals surface area contributed by atoms with Crippen molar-refractivity contribution in [1.82, 2.24) is 9.88 Å². The highest BCUT2D eigenvalue weighted by atomic mass is 32.2. The molecule has 2 aromatic rings. The average Bonchev–Trinajstić information content (AvgIpc) is 3.32. The molecule has 0 radical (unpaired) electrons. The van der Waals surface area contributed by atoms with E-state index in [2.05, 4.69) is 10.3 Å². The second kappa shape index (κ2) is 10.1. The molecule has 1 atom stereocenters. The van der Waals surface area contributed by atoms with E-state index in [1.165, 1.54) is 0 Å². The number of carbonyl (C=O) groups excluding carboxylic acids is 2. The minimum atomic E-state index is -0.494. The number of aromatic nitrogens is 1. The zero-order valence-electron chi connectivity index (χ0n) is 17.9. The maximum Gasteiger partial charge on any atom is 0.247 e. The molecule has 0 spiro atoms. The summed E-state index contributed by atoms with van der Waals surface area (Å²) < 4.78 is 12.4. The van der Waals surface area contributed by atoms with Crippen LogP contribution in [0.5, 0.6) is 0 Å². The molecule has 0 aliphatic carbocycles. The normalized spacial score (nSPS) is 16.9. The molecule has 7 nitrogen and oxygen atoms in total. The van der Waals surface area contributed by atoms with Gasteiger partial charge in [-0.1, -0.05) is 32.5 Å². The lowest BCUT2D eigenvalue weighted by Crippen LogP contribution is -2.47. The number of likely N-dealkylation sites (tertiary alicyclic amines) is 1. The summed E-state index contributed by atoms with van der Waals surface area (Å²) in [6, 6.07) is 5.29. The average molecular weight is 452 g/mol. The highest BCUT2D eigenvalue weighted by Crippen LogP contribution is 2.32. The third-order valence-electron chi connectivity index (χ3n) is 4.79. The smallest absolute Gasteiger partial charge is 0.247 e. The Bertz CT molecular complexity index is 894. The van der Waals surface area contributed by atoms with Gasteiger partial charge in [0.15, 0.2) is 4.34 Å². The Labute approximate surface area is 185 Å². The van der Waals surface area contributed by atoms with Crippen LogP contribution in [-0.4, -0.2) is 60.5 Å². The van der Waals surface area contributed by atoms with Crippen molar-refractivity contribution >= 4 is 50.8 Å². The highest BCUT2D eigenvalue weighted by Gasteiger charge is 2.38. The van der Waals surface area contributed by atoms with E-state index in [9.17, 15) is 9.59 Å². The van der Waals surface area contributed by atoms with Crippen molar-refractivity contribution in [3.8, 4) is 0 Å². The molecule has 1 aliphatic heterocycles. The van der Waals surface area contributed by atoms with Gasteiger partial charge in [-0.25, -0.2) is 4.98 Å². The monoisotopic (exact) mass is 451 g/mol. The number of benzene rings is 1. The quantitative estimate of drug-likeness (QED) is 0.371. The van der Waals surface area contributed by atoms with E-state index in [0.717, 1.165) is 26.7 Å². The minimum absolute atomic E-state index is 0.0208. The first kappa shape index (κ1) is 23.0. The van der Waals surface area contributed by atoms with Gasteiger partial charge in [-0.2, -0.15) is 0 Å². The summed E-state index contributed by atoms with van der Waals surface area (Å²) in [4.78, 5) is 31.9. The molecule has 0 saturated carbocycles. The SMILES string of the molecule is COCCOCSc1nc2ccc(NC(=O)C3CCCN3C(=O)C(C)(C)C)cc2s1. The van der Waals surface area contributed by atoms with Gasteiger partial charge >= 0.3 is 0 Å². The van der Waals surface area contributed by atoms with Gasteiger partial charge < -0.3 is 19.7 Å². The van der Waals surface area contributed by atoms with Crippen molar-refractivity contribution in [2.75, 3.05) is 38.1 Å². The number of fused-ring (bicyclic) bond motifs is 1. The fourth-order valence-corrected chi connectivity index (χ4v) is 5.13. The summed E-state index contributed by atoms with van der Waals surface area (Å²) in [5.41, 5.74) is 1.12. The molecular weight excluding hydrogens is 422 g/mol. The van der Waals surface area contributed by atoms with Crippen LogP contribution in [-0.2, 0) is 19.1 Å². The fraction of sp³-hybridized carbons (Fsp3) is 0.571. The predicted molar refractivity (Wildman–Crippen MR) is 121 cm³/mol. The van der Waals surface area contributed by atoms with Crippen LogP contribution in [0.3, 0.4) is 0 Å². The summed E-state index contributed by atoms with van der Waals surface area (Å²) in [6.45, 7) is 7.43. The molecule has 1 saturated heterocycles. The number of thiazole rings is 1. The van der Waals surface area contributed by atoms with E-state index in [-0.39, 0.29) is 11.8 Å². The summed E-state index contributed by atoms with van der Waals surface area (Å²) in [7, 11) is 1.65. The van der Waals surface area contributed by atoms with Gasteiger partial charge in [0.25, 0.3) is 0 Å². The lowest BCUT2D eigenvalue weighted by atomic mass is 9.94. The molecule has 1 fully saturated rings. The maximum absolute atomic E-state index is 12.9. The number of nitrogens with zero attached hydrogens (tertiary/aromatic N) is 2. The van der Waals surface area contributed by atoms with Crippen molar-refractivity contribution in [3.63, 3.8) is 0 Å². The molecule has 9 heteroatoms. The molecule has 30 heavy (non-hydrogen) atoms. The number of rotatable bonds is 8. The van der Waals surface area contributed by atoms with Gasteiger partial charge in [0, 0.05) is 24.8 Å². The maximum atomic E-state index is 12.9. The van der Waals surface area contributed by atoms with Crippen molar-refractivity contribution < 1.29 is 19.1 Å². The molecule has 1 N–H and O–H groups in total. The standard InChI is InChI=1S/C21H29N3O4S2/c1-21(2,3)19(26)24-9-5-6-16(24)18(25)22-14-7-8-15-17(12-14)30-20(23-15)29-13-28-11-10-27-4/h7-8,12,16H,5-6,9-11,13H2,1-4H3,(H,22,25). The van der Waals surface area contributed by atoms with Crippen molar-refractivity contribution in [1.29, 1.82) is 0 Å². The van der Waals surface area contributed by atoms with E-state index in [1.807, 2.05) is 39.0 Å². The predicted octanol–water partition coefficient (Wildman–Crippen LogP) is 3.98. The Balaban J connectivity index is 1.62. The van der Waals surface area contributed by atoms with Crippen LogP contribution in [0, 0.1) is 5.41 Å². The molecule has 1 aromatic heterocycles. The van der Waals surface area contributed by atoms with Crippen LogP contribution < -0.4 is 5.32 Å². The number of carbonyl (C=O) groups is 2. The van der Waals surface area contributed by atoms with Crippen LogP contribution in [0.4, 0.5) is 5.69 Å². The second-order valence-electron chi connectivity index (χ2n) is 8.22.